The number of methoxy groups -OCH3 is 1. The average molecular weight is 498 g/mol. The summed E-state index contributed by atoms with van der Waals surface area (Å²) >= 11 is 0. The van der Waals surface area contributed by atoms with Crippen LogP contribution in [0.3, 0.4) is 0 Å². The highest BCUT2D eigenvalue weighted by Gasteiger charge is 2.30. The van der Waals surface area contributed by atoms with Gasteiger partial charge in [0, 0.05) is 35.9 Å². The van der Waals surface area contributed by atoms with Gasteiger partial charge in [-0.05, 0) is 82.1 Å². The van der Waals surface area contributed by atoms with Gasteiger partial charge < -0.3 is 19.4 Å². The molecule has 1 aliphatic rings. The van der Waals surface area contributed by atoms with Crippen LogP contribution in [0.25, 0.3) is 5.69 Å². The summed E-state index contributed by atoms with van der Waals surface area (Å²) in [4.78, 5) is 13.3. The molecule has 0 radical (unpaired) electrons. The van der Waals surface area contributed by atoms with Crippen LogP contribution in [0.5, 0.6) is 11.5 Å². The maximum atomic E-state index is 13.3. The summed E-state index contributed by atoms with van der Waals surface area (Å²) in [5, 5.41) is 2.87. The number of nitrogens with one attached hydrogen (secondary N) is 1. The van der Waals surface area contributed by atoms with E-state index in [9.17, 15) is 13.2 Å². The van der Waals surface area contributed by atoms with Gasteiger partial charge in [-0.2, -0.15) is 4.31 Å². The van der Waals surface area contributed by atoms with Gasteiger partial charge in [0.15, 0.2) is 0 Å². The van der Waals surface area contributed by atoms with Crippen LogP contribution in [0.1, 0.15) is 41.5 Å². The maximum absolute atomic E-state index is 13.3. The smallest absolute Gasteiger partial charge is 0.257 e. The molecule has 2 aromatic carbocycles. The van der Waals surface area contributed by atoms with Crippen molar-refractivity contribution in [2.45, 2.75) is 38.5 Å². The fourth-order valence-corrected chi connectivity index (χ4v) is 6.12. The number of hydrogen-bond donors (Lipinski definition) is 1. The summed E-state index contributed by atoms with van der Waals surface area (Å²) in [6.07, 6.45) is 1.67. The Balaban J connectivity index is 1.64. The molecule has 186 valence electrons. The van der Waals surface area contributed by atoms with Crippen LogP contribution in [0.15, 0.2) is 53.4 Å². The van der Waals surface area contributed by atoms with Gasteiger partial charge in [-0.15, -0.1) is 0 Å². The lowest BCUT2D eigenvalue weighted by atomic mass is 10.2. The van der Waals surface area contributed by atoms with E-state index in [-0.39, 0.29) is 16.6 Å². The summed E-state index contributed by atoms with van der Waals surface area (Å²) in [7, 11) is -2.11. The number of hydrogen-bond acceptors (Lipinski definition) is 5. The second kappa shape index (κ2) is 10.1. The van der Waals surface area contributed by atoms with E-state index >= 15 is 0 Å². The SMILES string of the molecule is CCOc1ccc(NC(=O)c2cc(C)n(-c3ccc(OC)cc3)c2C)cc1S(=O)(=O)N1CCCC1. The molecule has 1 amide bonds. The predicted molar refractivity (Wildman–Crippen MR) is 135 cm³/mol. The number of rotatable bonds is 8. The number of ether oxygens (including phenoxy) is 2. The fraction of sp³-hybridized carbons (Fsp3) is 0.346. The summed E-state index contributed by atoms with van der Waals surface area (Å²) in [6.45, 7) is 6.94. The van der Waals surface area contributed by atoms with Crippen molar-refractivity contribution in [2.24, 2.45) is 0 Å². The van der Waals surface area contributed by atoms with Crippen LogP contribution >= 0.6 is 0 Å². The van der Waals surface area contributed by atoms with Crippen molar-refractivity contribution in [2.75, 3.05) is 32.1 Å². The van der Waals surface area contributed by atoms with Crippen LogP contribution in [0.4, 0.5) is 5.69 Å². The van der Waals surface area contributed by atoms with Crippen LogP contribution in [-0.2, 0) is 10.0 Å². The molecule has 0 atom stereocenters. The van der Waals surface area contributed by atoms with E-state index < -0.39 is 10.0 Å². The number of nitrogens with zero attached hydrogens (tertiary/aromatic N) is 2. The molecular formula is C26H31N3O5S. The zero-order valence-electron chi connectivity index (χ0n) is 20.5. The Bertz CT molecular complexity index is 1320. The topological polar surface area (TPSA) is 89.9 Å². The van der Waals surface area contributed by atoms with E-state index in [1.54, 1.807) is 26.2 Å². The van der Waals surface area contributed by atoms with Crippen molar-refractivity contribution < 1.29 is 22.7 Å². The Hall–Kier alpha value is -3.30. The van der Waals surface area contributed by atoms with E-state index in [4.69, 9.17) is 9.47 Å². The van der Waals surface area contributed by atoms with Gasteiger partial charge >= 0.3 is 0 Å². The molecule has 9 heteroatoms. The first-order valence-corrected chi connectivity index (χ1v) is 13.1. The summed E-state index contributed by atoms with van der Waals surface area (Å²) in [5.41, 5.74) is 3.50. The standard InChI is InChI=1S/C26H31N3O5S/c1-5-34-24-13-8-20(17-25(24)35(31,32)28-14-6-7-15-28)27-26(30)23-16-18(2)29(19(23)3)21-9-11-22(33-4)12-10-21/h8-13,16-17H,5-7,14-15H2,1-4H3,(H,27,30). The minimum Gasteiger partial charge on any atom is -0.497 e. The van der Waals surface area contributed by atoms with Crippen molar-refractivity contribution in [1.29, 1.82) is 0 Å². The summed E-state index contributed by atoms with van der Waals surface area (Å²) in [5.74, 6) is 0.728. The molecular weight excluding hydrogens is 466 g/mol. The Morgan fingerprint density at radius 3 is 2.34 bits per heavy atom. The maximum Gasteiger partial charge on any atom is 0.257 e. The molecule has 0 spiro atoms. The molecule has 0 bridgehead atoms. The van der Waals surface area contributed by atoms with E-state index in [0.29, 0.717) is 30.9 Å². The van der Waals surface area contributed by atoms with Gasteiger partial charge in [-0.1, -0.05) is 0 Å². The molecule has 1 aliphatic heterocycles. The fourth-order valence-electron chi connectivity index (χ4n) is 4.45. The van der Waals surface area contributed by atoms with E-state index in [0.717, 1.165) is 35.7 Å². The van der Waals surface area contributed by atoms with Crippen molar-refractivity contribution in [3.63, 3.8) is 0 Å². The number of carbonyl (C=O) groups is 1. The lowest BCUT2D eigenvalue weighted by Gasteiger charge is -2.19. The minimum absolute atomic E-state index is 0.0720. The van der Waals surface area contributed by atoms with Crippen LogP contribution in [0.2, 0.25) is 0 Å². The highest BCUT2D eigenvalue weighted by atomic mass is 32.2. The van der Waals surface area contributed by atoms with Crippen molar-refractivity contribution in [1.82, 2.24) is 8.87 Å². The van der Waals surface area contributed by atoms with Gasteiger partial charge in [-0.3, -0.25) is 4.79 Å². The van der Waals surface area contributed by atoms with Crippen LogP contribution in [-0.4, -0.2) is 50.0 Å². The summed E-state index contributed by atoms with van der Waals surface area (Å²) < 4.78 is 40.8. The number of benzene rings is 2. The lowest BCUT2D eigenvalue weighted by Crippen LogP contribution is -2.28. The number of aryl methyl sites for hydroxylation is 1. The molecule has 0 unspecified atom stereocenters. The highest BCUT2D eigenvalue weighted by Crippen LogP contribution is 2.32. The average Bonchev–Trinajstić information content (AvgIpc) is 3.49. The molecule has 1 saturated heterocycles. The second-order valence-corrected chi connectivity index (χ2v) is 10.4. The first-order valence-electron chi connectivity index (χ1n) is 11.7. The molecule has 2 heterocycles. The van der Waals surface area contributed by atoms with Gasteiger partial charge in [-0.25, -0.2) is 8.42 Å². The molecule has 0 saturated carbocycles. The highest BCUT2D eigenvalue weighted by molar-refractivity contribution is 7.89. The third kappa shape index (κ3) is 4.92. The first-order chi connectivity index (χ1) is 16.8. The number of anilines is 1. The predicted octanol–water partition coefficient (Wildman–Crippen LogP) is 4.54. The molecule has 1 N–H and O–H groups in total. The largest absolute Gasteiger partial charge is 0.497 e. The quantitative estimate of drug-likeness (QED) is 0.494. The lowest BCUT2D eigenvalue weighted by molar-refractivity contribution is 0.102. The summed E-state index contributed by atoms with van der Waals surface area (Å²) in [6, 6.07) is 14.2. The second-order valence-electron chi connectivity index (χ2n) is 8.48. The van der Waals surface area contributed by atoms with Gasteiger partial charge in [0.1, 0.15) is 16.4 Å². The number of sulfonamides is 1. The molecule has 1 fully saturated rings. The first kappa shape index (κ1) is 24.8. The monoisotopic (exact) mass is 497 g/mol. The van der Waals surface area contributed by atoms with Gasteiger partial charge in [0.25, 0.3) is 5.91 Å². The molecule has 8 nitrogen and oxygen atoms in total. The van der Waals surface area contributed by atoms with Gasteiger partial charge in [0.2, 0.25) is 10.0 Å². The third-order valence-electron chi connectivity index (χ3n) is 6.19. The minimum atomic E-state index is -3.72. The zero-order chi connectivity index (χ0) is 25.2. The van der Waals surface area contributed by atoms with E-state index in [1.807, 2.05) is 48.7 Å². The normalized spacial score (nSPS) is 14.2. The molecule has 1 aromatic heterocycles. The third-order valence-corrected chi connectivity index (χ3v) is 8.11. The van der Waals surface area contributed by atoms with Gasteiger partial charge in [0.05, 0.1) is 19.3 Å². The number of carbonyl (C=O) groups excluding carboxylic acids is 1. The van der Waals surface area contributed by atoms with Crippen LogP contribution in [0, 0.1) is 13.8 Å². The van der Waals surface area contributed by atoms with Crippen LogP contribution < -0.4 is 14.8 Å². The Morgan fingerprint density at radius 1 is 1.03 bits per heavy atom. The van der Waals surface area contributed by atoms with Crippen molar-refractivity contribution in [3.8, 4) is 17.2 Å². The van der Waals surface area contributed by atoms with Crippen molar-refractivity contribution in [3.05, 3.63) is 65.5 Å². The number of aromatic nitrogens is 1. The number of amides is 1. The molecule has 4 rings (SSSR count). The molecule has 35 heavy (non-hydrogen) atoms. The van der Waals surface area contributed by atoms with Crippen molar-refractivity contribution >= 4 is 21.6 Å². The van der Waals surface area contributed by atoms with E-state index in [2.05, 4.69) is 5.32 Å². The molecule has 0 aliphatic carbocycles. The Kier molecular flexibility index (Phi) is 7.18. The molecule has 3 aromatic rings. The Labute approximate surface area is 206 Å². The van der Waals surface area contributed by atoms with E-state index in [1.165, 1.54) is 10.4 Å². The Morgan fingerprint density at radius 2 is 1.71 bits per heavy atom. The zero-order valence-corrected chi connectivity index (χ0v) is 21.3.